The van der Waals surface area contributed by atoms with Gasteiger partial charge in [-0.3, -0.25) is 4.98 Å². The van der Waals surface area contributed by atoms with Gasteiger partial charge in [-0.05, 0) is 85.8 Å². The predicted molar refractivity (Wildman–Crippen MR) is 221 cm³/mol. The highest BCUT2D eigenvalue weighted by molar-refractivity contribution is 6.35. The Morgan fingerprint density at radius 3 is 2.67 bits per heavy atom. The van der Waals surface area contributed by atoms with Gasteiger partial charge in [-0.15, -0.1) is 0 Å². The third-order valence-corrected chi connectivity index (χ3v) is 12.3. The minimum absolute atomic E-state index is 0.122. The van der Waals surface area contributed by atoms with E-state index in [1.807, 2.05) is 36.4 Å². The van der Waals surface area contributed by atoms with E-state index in [4.69, 9.17) is 42.1 Å². The first-order valence-electron chi connectivity index (χ1n) is 20.5. The monoisotopic (exact) mass is 815 g/mol. The number of pyridine rings is 1. The maximum absolute atomic E-state index is 13.7. The van der Waals surface area contributed by atoms with E-state index < -0.39 is 12.3 Å². The van der Waals surface area contributed by atoms with E-state index >= 15 is 0 Å². The minimum Gasteiger partial charge on any atom is -0.492 e. The number of fused-ring (bicyclic) bond motifs is 1. The molecule has 0 amide bonds. The molecule has 302 valence electrons. The highest BCUT2D eigenvalue weighted by atomic mass is 35.5. The van der Waals surface area contributed by atoms with Crippen LogP contribution in [-0.4, -0.2) is 48.2 Å². The number of rotatable bonds is 16. The maximum atomic E-state index is 13.7. The number of aliphatic hydroxyl groups is 1. The Bertz CT molecular complexity index is 2010. The van der Waals surface area contributed by atoms with Gasteiger partial charge in [0.15, 0.2) is 0 Å². The smallest absolute Gasteiger partial charge is 0.142 e. The summed E-state index contributed by atoms with van der Waals surface area (Å²) in [6.07, 6.45) is 13.0. The number of hydrogen-bond donors (Lipinski definition) is 2. The van der Waals surface area contributed by atoms with Crippen molar-refractivity contribution < 1.29 is 28.4 Å². The zero-order valence-electron chi connectivity index (χ0n) is 32.4. The zero-order chi connectivity index (χ0) is 39.6. The highest BCUT2D eigenvalue weighted by Gasteiger charge is 2.29. The lowest BCUT2D eigenvalue weighted by atomic mass is 9.94. The molecular weight excluding hydrogens is 764 g/mol. The number of aromatic nitrogens is 1. The van der Waals surface area contributed by atoms with Crippen molar-refractivity contribution in [1.82, 2.24) is 10.3 Å². The molecule has 7 rings (SSSR count). The molecule has 3 aromatic carbocycles. The molecule has 0 radical (unpaired) electrons. The molecule has 8 nitrogen and oxygen atoms in total. The molecule has 11 heteroatoms. The van der Waals surface area contributed by atoms with E-state index in [1.54, 1.807) is 12.3 Å². The van der Waals surface area contributed by atoms with Crippen LogP contribution in [0.5, 0.6) is 17.2 Å². The van der Waals surface area contributed by atoms with Crippen molar-refractivity contribution in [2.75, 3.05) is 19.8 Å². The lowest BCUT2D eigenvalue weighted by Gasteiger charge is -2.29. The van der Waals surface area contributed by atoms with Crippen molar-refractivity contribution in [1.29, 1.82) is 5.26 Å². The Kier molecular flexibility index (Phi) is 14.6. The fourth-order valence-corrected chi connectivity index (χ4v) is 8.93. The van der Waals surface area contributed by atoms with Gasteiger partial charge < -0.3 is 29.4 Å². The second-order valence-electron chi connectivity index (χ2n) is 15.6. The molecule has 1 aromatic heterocycles. The van der Waals surface area contributed by atoms with Crippen LogP contribution in [0.15, 0.2) is 67.0 Å². The van der Waals surface area contributed by atoms with Crippen molar-refractivity contribution in [2.24, 2.45) is 5.92 Å². The number of alkyl halides is 1. The number of aliphatic hydroxyl groups excluding tert-OH is 1. The molecule has 1 aliphatic heterocycles. The van der Waals surface area contributed by atoms with Gasteiger partial charge in [-0.1, -0.05) is 85.6 Å². The second-order valence-corrected chi connectivity index (χ2v) is 16.4. The van der Waals surface area contributed by atoms with Gasteiger partial charge in [0.05, 0.1) is 34.9 Å². The standard InChI is InChI=1S/C46H52Cl2FN3O5/c47-39-22-33(27-52-40-18-20-54-29-41(40)53)44(56-28-32-21-31(24-50)25-51-26-32)23-45(39)57-42-17-16-36-35(10-5-11-37(36)42)38-12-6-13-43(46(38)48)55-19-3-1-2-7-30-8-4-9-34(49)15-14-30/h5-6,10-13,21-23,25-26,30,34,40-42,52-53H,1-4,7-9,14-20,27-29H2/t30?,34?,40-,41+,42-/m0/s1. The summed E-state index contributed by atoms with van der Waals surface area (Å²) in [6.45, 7) is 2.08. The minimum atomic E-state index is -0.608. The maximum Gasteiger partial charge on any atom is 0.142 e. The average molecular weight is 817 g/mol. The van der Waals surface area contributed by atoms with Gasteiger partial charge in [0.25, 0.3) is 0 Å². The summed E-state index contributed by atoms with van der Waals surface area (Å²) < 4.78 is 38.4. The van der Waals surface area contributed by atoms with E-state index in [0.29, 0.717) is 71.6 Å². The number of nitrogens with one attached hydrogen (secondary N) is 1. The molecule has 1 saturated carbocycles. The van der Waals surface area contributed by atoms with Crippen LogP contribution in [-0.2, 0) is 24.3 Å². The number of benzene rings is 3. The summed E-state index contributed by atoms with van der Waals surface area (Å²) in [4.78, 5) is 4.17. The summed E-state index contributed by atoms with van der Waals surface area (Å²) >= 11 is 14.0. The Hall–Kier alpha value is -3.91. The summed E-state index contributed by atoms with van der Waals surface area (Å²) in [5.74, 6) is 2.43. The van der Waals surface area contributed by atoms with Gasteiger partial charge in [-0.2, -0.15) is 5.26 Å². The van der Waals surface area contributed by atoms with Crippen LogP contribution in [0.2, 0.25) is 10.0 Å². The van der Waals surface area contributed by atoms with Gasteiger partial charge in [0, 0.05) is 54.3 Å². The average Bonchev–Trinajstić information content (AvgIpc) is 3.52. The topological polar surface area (TPSA) is 106 Å². The Morgan fingerprint density at radius 2 is 1.79 bits per heavy atom. The van der Waals surface area contributed by atoms with Crippen molar-refractivity contribution in [3.63, 3.8) is 0 Å². The van der Waals surface area contributed by atoms with Crippen molar-refractivity contribution >= 4 is 23.2 Å². The third-order valence-electron chi connectivity index (χ3n) is 11.6. The second kappa shape index (κ2) is 20.2. The Morgan fingerprint density at radius 1 is 0.912 bits per heavy atom. The van der Waals surface area contributed by atoms with Crippen LogP contribution in [0.1, 0.15) is 105 Å². The molecule has 2 unspecified atom stereocenters. The first-order chi connectivity index (χ1) is 27.9. The quantitative estimate of drug-likeness (QED) is 0.0851. The van der Waals surface area contributed by atoms with Crippen LogP contribution in [0.4, 0.5) is 4.39 Å². The molecule has 4 aromatic rings. The van der Waals surface area contributed by atoms with Crippen LogP contribution >= 0.6 is 23.2 Å². The van der Waals surface area contributed by atoms with E-state index in [-0.39, 0.29) is 18.8 Å². The molecule has 2 heterocycles. The van der Waals surface area contributed by atoms with Crippen LogP contribution in [0, 0.1) is 17.2 Å². The molecular formula is C46H52Cl2FN3O5. The lowest BCUT2D eigenvalue weighted by Crippen LogP contribution is -2.46. The normalized spacial score (nSPS) is 22.0. The van der Waals surface area contributed by atoms with Gasteiger partial charge >= 0.3 is 0 Å². The number of ether oxygens (including phenoxy) is 4. The number of unbranched alkanes of at least 4 members (excludes halogenated alkanes) is 2. The molecule has 2 fully saturated rings. The van der Waals surface area contributed by atoms with E-state index in [9.17, 15) is 14.8 Å². The highest BCUT2D eigenvalue weighted by Crippen LogP contribution is 2.45. The fourth-order valence-electron chi connectivity index (χ4n) is 8.42. The molecule has 0 spiro atoms. The Labute approximate surface area is 345 Å². The van der Waals surface area contributed by atoms with Gasteiger partial charge in [0.2, 0.25) is 0 Å². The first kappa shape index (κ1) is 41.3. The summed E-state index contributed by atoms with van der Waals surface area (Å²) in [5.41, 5.74) is 6.30. The van der Waals surface area contributed by atoms with Crippen LogP contribution in [0.3, 0.4) is 0 Å². The molecule has 1 saturated heterocycles. The first-order valence-corrected chi connectivity index (χ1v) is 21.2. The number of nitrogens with zero attached hydrogens (tertiary/aromatic N) is 2. The van der Waals surface area contributed by atoms with E-state index in [1.165, 1.54) is 18.2 Å². The molecule has 5 atom stereocenters. The summed E-state index contributed by atoms with van der Waals surface area (Å²) in [5, 5.41) is 24.3. The third kappa shape index (κ3) is 10.8. The van der Waals surface area contributed by atoms with Crippen molar-refractivity contribution in [2.45, 2.75) is 115 Å². The summed E-state index contributed by atoms with van der Waals surface area (Å²) in [6, 6.07) is 19.7. The number of halogens is 3. The van der Waals surface area contributed by atoms with Gasteiger partial charge in [-0.25, -0.2) is 4.39 Å². The lowest BCUT2D eigenvalue weighted by molar-refractivity contribution is -0.0281. The summed E-state index contributed by atoms with van der Waals surface area (Å²) in [7, 11) is 0. The predicted octanol–water partition coefficient (Wildman–Crippen LogP) is 10.7. The van der Waals surface area contributed by atoms with Gasteiger partial charge in [0.1, 0.15) is 42.2 Å². The number of hydrogen-bond acceptors (Lipinski definition) is 8. The van der Waals surface area contributed by atoms with Crippen molar-refractivity contribution in [3.8, 4) is 34.4 Å². The fraction of sp³-hybridized carbons (Fsp3) is 0.478. The van der Waals surface area contributed by atoms with E-state index in [2.05, 4.69) is 28.5 Å². The molecule has 2 N–H and O–H groups in total. The van der Waals surface area contributed by atoms with Crippen molar-refractivity contribution in [3.05, 3.63) is 105 Å². The number of nitriles is 1. The molecule has 2 aliphatic carbocycles. The Balaban J connectivity index is 1.02. The SMILES string of the molecule is N#Cc1cncc(COc2cc(O[C@H]3CCc4c(-c5cccc(OCCCCCC6CCCC(F)CC6)c5Cl)cccc43)c(Cl)cc2CN[C@H]2CCOC[C@H]2O)c1. The largest absolute Gasteiger partial charge is 0.492 e. The van der Waals surface area contributed by atoms with Crippen LogP contribution < -0.4 is 19.5 Å². The zero-order valence-corrected chi connectivity index (χ0v) is 33.9. The molecule has 3 aliphatic rings. The molecule has 0 bridgehead atoms. The molecule has 57 heavy (non-hydrogen) atoms. The van der Waals surface area contributed by atoms with E-state index in [0.717, 1.165) is 92.0 Å². The van der Waals surface area contributed by atoms with Crippen LogP contribution in [0.25, 0.3) is 11.1 Å².